The standard InChI is InChI=1S/C14H15ClO3/c1-2-13(16)18-11-14(17,10-15)9-8-12-6-4-3-5-7-12/h2-9,17H,1,10-11H2. The van der Waals surface area contributed by atoms with E-state index in [1.165, 1.54) is 6.08 Å². The number of rotatable bonds is 6. The molecule has 1 aromatic rings. The number of alkyl halides is 1. The minimum atomic E-state index is -1.38. The van der Waals surface area contributed by atoms with Gasteiger partial charge in [-0.15, -0.1) is 11.6 Å². The van der Waals surface area contributed by atoms with Gasteiger partial charge in [0.15, 0.2) is 0 Å². The van der Waals surface area contributed by atoms with Gasteiger partial charge >= 0.3 is 5.97 Å². The van der Waals surface area contributed by atoms with Crippen molar-refractivity contribution in [1.82, 2.24) is 0 Å². The Balaban J connectivity index is 2.67. The van der Waals surface area contributed by atoms with Gasteiger partial charge < -0.3 is 9.84 Å². The van der Waals surface area contributed by atoms with Crippen LogP contribution in [0.4, 0.5) is 0 Å². The zero-order chi connectivity index (χ0) is 13.4. The highest BCUT2D eigenvalue weighted by Gasteiger charge is 2.24. The number of ether oxygens (including phenoxy) is 1. The maximum Gasteiger partial charge on any atom is 0.330 e. The first-order valence-corrected chi connectivity index (χ1v) is 5.95. The Hall–Kier alpha value is -1.58. The van der Waals surface area contributed by atoms with Gasteiger partial charge in [-0.3, -0.25) is 0 Å². The molecule has 0 amide bonds. The topological polar surface area (TPSA) is 46.5 Å². The fourth-order valence-corrected chi connectivity index (χ4v) is 1.37. The molecule has 18 heavy (non-hydrogen) atoms. The van der Waals surface area contributed by atoms with Gasteiger partial charge in [-0.1, -0.05) is 43.0 Å². The van der Waals surface area contributed by atoms with E-state index in [0.29, 0.717) is 0 Å². The molecule has 1 rings (SSSR count). The Labute approximate surface area is 111 Å². The normalized spacial score (nSPS) is 14.1. The van der Waals surface area contributed by atoms with Crippen molar-refractivity contribution in [2.75, 3.05) is 12.5 Å². The molecular formula is C14H15ClO3. The van der Waals surface area contributed by atoms with E-state index < -0.39 is 11.6 Å². The van der Waals surface area contributed by atoms with E-state index in [1.54, 1.807) is 6.08 Å². The molecule has 0 aliphatic carbocycles. The highest BCUT2D eigenvalue weighted by Crippen LogP contribution is 2.13. The monoisotopic (exact) mass is 266 g/mol. The molecule has 0 aliphatic heterocycles. The van der Waals surface area contributed by atoms with Crippen molar-refractivity contribution in [3.63, 3.8) is 0 Å². The average molecular weight is 267 g/mol. The van der Waals surface area contributed by atoms with E-state index in [9.17, 15) is 9.90 Å². The number of hydrogen-bond donors (Lipinski definition) is 1. The molecule has 0 aliphatic rings. The second-order valence-corrected chi connectivity index (χ2v) is 4.06. The van der Waals surface area contributed by atoms with Gasteiger partial charge in [-0.2, -0.15) is 0 Å². The highest BCUT2D eigenvalue weighted by molar-refractivity contribution is 6.18. The molecule has 1 N–H and O–H groups in total. The summed E-state index contributed by atoms with van der Waals surface area (Å²) in [6.45, 7) is 3.07. The molecule has 0 bridgehead atoms. The number of hydrogen-bond acceptors (Lipinski definition) is 3. The van der Waals surface area contributed by atoms with E-state index in [4.69, 9.17) is 16.3 Å². The summed E-state index contributed by atoms with van der Waals surface area (Å²) in [5.74, 6) is -0.660. The summed E-state index contributed by atoms with van der Waals surface area (Å²) in [6.07, 6.45) is 4.28. The zero-order valence-corrected chi connectivity index (χ0v) is 10.6. The van der Waals surface area contributed by atoms with E-state index in [0.717, 1.165) is 11.6 Å². The average Bonchev–Trinajstić information content (AvgIpc) is 2.43. The summed E-state index contributed by atoms with van der Waals surface area (Å²) in [4.78, 5) is 10.9. The quantitative estimate of drug-likeness (QED) is 0.489. The van der Waals surface area contributed by atoms with E-state index in [2.05, 4.69) is 6.58 Å². The van der Waals surface area contributed by atoms with Crippen molar-refractivity contribution in [3.05, 3.63) is 54.6 Å². The first-order chi connectivity index (χ1) is 8.59. The summed E-state index contributed by atoms with van der Waals surface area (Å²) in [5.41, 5.74) is -0.452. The lowest BCUT2D eigenvalue weighted by molar-refractivity contribution is -0.142. The number of aliphatic hydroxyl groups is 1. The van der Waals surface area contributed by atoms with Crippen LogP contribution in [0.15, 0.2) is 49.1 Å². The Bertz CT molecular complexity index is 428. The number of carbonyl (C=O) groups is 1. The van der Waals surface area contributed by atoms with Crippen molar-refractivity contribution in [3.8, 4) is 0 Å². The van der Waals surface area contributed by atoms with Crippen LogP contribution in [0.25, 0.3) is 6.08 Å². The van der Waals surface area contributed by atoms with Gasteiger partial charge in [-0.25, -0.2) is 4.79 Å². The summed E-state index contributed by atoms with van der Waals surface area (Å²) >= 11 is 5.68. The lowest BCUT2D eigenvalue weighted by atomic mass is 10.1. The molecule has 0 radical (unpaired) electrons. The highest BCUT2D eigenvalue weighted by atomic mass is 35.5. The summed E-state index contributed by atoms with van der Waals surface area (Å²) in [5, 5.41) is 10.1. The van der Waals surface area contributed by atoms with Crippen LogP contribution in [0.1, 0.15) is 5.56 Å². The summed E-state index contributed by atoms with van der Waals surface area (Å²) in [6, 6.07) is 9.45. The van der Waals surface area contributed by atoms with E-state index in [-0.39, 0.29) is 12.5 Å². The SMILES string of the molecule is C=CC(=O)OCC(O)(C=Cc1ccccc1)CCl. The smallest absolute Gasteiger partial charge is 0.330 e. The van der Waals surface area contributed by atoms with Crippen LogP contribution in [0.5, 0.6) is 0 Å². The van der Waals surface area contributed by atoms with E-state index in [1.807, 2.05) is 30.3 Å². The van der Waals surface area contributed by atoms with Gasteiger partial charge in [0.05, 0.1) is 5.88 Å². The van der Waals surface area contributed by atoms with E-state index >= 15 is 0 Å². The van der Waals surface area contributed by atoms with Crippen molar-refractivity contribution < 1.29 is 14.6 Å². The van der Waals surface area contributed by atoms with Crippen LogP contribution < -0.4 is 0 Å². The lowest BCUT2D eigenvalue weighted by Crippen LogP contribution is -2.35. The van der Waals surface area contributed by atoms with Crippen LogP contribution in [0, 0.1) is 0 Å². The van der Waals surface area contributed by atoms with Crippen LogP contribution in [-0.2, 0) is 9.53 Å². The number of halogens is 1. The second kappa shape index (κ2) is 6.99. The Morgan fingerprint density at radius 3 is 2.67 bits per heavy atom. The van der Waals surface area contributed by atoms with Crippen molar-refractivity contribution in [2.24, 2.45) is 0 Å². The third-order valence-corrected chi connectivity index (χ3v) is 2.71. The molecule has 1 unspecified atom stereocenters. The molecule has 0 fully saturated rings. The first kappa shape index (κ1) is 14.5. The molecule has 3 nitrogen and oxygen atoms in total. The molecule has 0 saturated heterocycles. The van der Waals surface area contributed by atoms with Gasteiger partial charge in [0.1, 0.15) is 12.2 Å². The maximum absolute atomic E-state index is 10.9. The zero-order valence-electron chi connectivity index (χ0n) is 9.88. The maximum atomic E-state index is 10.9. The van der Waals surface area contributed by atoms with Gasteiger partial charge in [0.25, 0.3) is 0 Å². The molecule has 0 heterocycles. The number of benzene rings is 1. The minimum absolute atomic E-state index is 0.0687. The Morgan fingerprint density at radius 2 is 2.11 bits per heavy atom. The van der Waals surface area contributed by atoms with Gasteiger partial charge in [-0.05, 0) is 11.6 Å². The predicted octanol–water partition coefficient (Wildman–Crippen LogP) is 2.40. The molecule has 0 spiro atoms. The number of esters is 1. The summed E-state index contributed by atoms with van der Waals surface area (Å²) < 4.78 is 4.79. The van der Waals surface area contributed by atoms with Crippen LogP contribution in [0.2, 0.25) is 0 Å². The van der Waals surface area contributed by atoms with Crippen LogP contribution in [-0.4, -0.2) is 29.2 Å². The number of carbonyl (C=O) groups excluding carboxylic acids is 1. The Kier molecular flexibility index (Phi) is 5.62. The van der Waals surface area contributed by atoms with Gasteiger partial charge in [0.2, 0.25) is 0 Å². The van der Waals surface area contributed by atoms with Gasteiger partial charge in [0, 0.05) is 6.08 Å². The fraction of sp³-hybridized carbons (Fsp3) is 0.214. The van der Waals surface area contributed by atoms with Crippen LogP contribution >= 0.6 is 11.6 Å². The van der Waals surface area contributed by atoms with Crippen molar-refractivity contribution >= 4 is 23.6 Å². The van der Waals surface area contributed by atoms with Crippen molar-refractivity contribution in [1.29, 1.82) is 0 Å². The predicted molar refractivity (Wildman–Crippen MR) is 72.3 cm³/mol. The first-order valence-electron chi connectivity index (χ1n) is 5.41. The molecule has 96 valence electrons. The molecule has 1 atom stereocenters. The molecule has 0 aromatic heterocycles. The van der Waals surface area contributed by atoms with Crippen molar-refractivity contribution in [2.45, 2.75) is 5.60 Å². The third-order valence-electron chi connectivity index (χ3n) is 2.25. The Morgan fingerprint density at radius 1 is 1.44 bits per heavy atom. The lowest BCUT2D eigenvalue weighted by Gasteiger charge is -2.20. The summed E-state index contributed by atoms with van der Waals surface area (Å²) in [7, 11) is 0. The molecule has 0 saturated carbocycles. The fourth-order valence-electron chi connectivity index (χ4n) is 1.20. The molecule has 4 heteroatoms. The second-order valence-electron chi connectivity index (χ2n) is 3.79. The molecular weight excluding hydrogens is 252 g/mol. The third kappa shape index (κ3) is 4.73. The molecule has 1 aromatic carbocycles. The van der Waals surface area contributed by atoms with Crippen LogP contribution in [0.3, 0.4) is 0 Å². The largest absolute Gasteiger partial charge is 0.459 e. The minimum Gasteiger partial charge on any atom is -0.459 e.